The highest BCUT2D eigenvalue weighted by Crippen LogP contribution is 2.25. The van der Waals surface area contributed by atoms with E-state index in [1.165, 1.54) is 12.8 Å². The van der Waals surface area contributed by atoms with Crippen LogP contribution in [-0.4, -0.2) is 19.3 Å². The average molecular weight is 154 g/mol. The van der Waals surface area contributed by atoms with Crippen molar-refractivity contribution < 1.29 is 9.47 Å². The molecule has 0 aromatic rings. The van der Waals surface area contributed by atoms with Crippen molar-refractivity contribution in [2.75, 3.05) is 13.2 Å². The highest BCUT2D eigenvalue weighted by molar-refractivity contribution is 4.90. The van der Waals surface area contributed by atoms with Gasteiger partial charge in [-0.05, 0) is 18.9 Å². The van der Waals surface area contributed by atoms with Crippen LogP contribution in [0.15, 0.2) is 12.3 Å². The second kappa shape index (κ2) is 3.26. The van der Waals surface area contributed by atoms with Gasteiger partial charge in [-0.2, -0.15) is 0 Å². The summed E-state index contributed by atoms with van der Waals surface area (Å²) >= 11 is 0. The summed E-state index contributed by atoms with van der Waals surface area (Å²) in [5.74, 6) is 0.638. The fourth-order valence-corrected chi connectivity index (χ4v) is 1.76. The molecule has 2 heteroatoms. The third-order valence-electron chi connectivity index (χ3n) is 2.44. The first-order valence-electron chi connectivity index (χ1n) is 4.35. The second-order valence-corrected chi connectivity index (χ2v) is 3.26. The molecule has 2 atom stereocenters. The zero-order valence-corrected chi connectivity index (χ0v) is 6.66. The zero-order chi connectivity index (χ0) is 7.52. The zero-order valence-electron chi connectivity index (χ0n) is 6.66. The monoisotopic (exact) mass is 154 g/mol. The lowest BCUT2D eigenvalue weighted by Crippen LogP contribution is -2.28. The summed E-state index contributed by atoms with van der Waals surface area (Å²) in [6, 6.07) is 0. The molecule has 0 radical (unpaired) electrons. The van der Waals surface area contributed by atoms with Crippen molar-refractivity contribution in [3.63, 3.8) is 0 Å². The van der Waals surface area contributed by atoms with Gasteiger partial charge in [0.1, 0.15) is 6.10 Å². The second-order valence-electron chi connectivity index (χ2n) is 3.26. The Hall–Kier alpha value is -0.500. The highest BCUT2D eigenvalue weighted by atomic mass is 16.5. The summed E-state index contributed by atoms with van der Waals surface area (Å²) < 4.78 is 10.8. The third kappa shape index (κ3) is 1.56. The van der Waals surface area contributed by atoms with E-state index in [0.717, 1.165) is 19.6 Å². The van der Waals surface area contributed by atoms with E-state index in [1.807, 2.05) is 6.26 Å². The largest absolute Gasteiger partial charge is 0.498 e. The van der Waals surface area contributed by atoms with E-state index in [4.69, 9.17) is 9.47 Å². The quantitative estimate of drug-likeness (QED) is 0.572. The van der Waals surface area contributed by atoms with E-state index in [1.54, 1.807) is 0 Å². The third-order valence-corrected chi connectivity index (χ3v) is 2.44. The number of hydrogen-bond donors (Lipinski definition) is 0. The molecule has 2 heterocycles. The van der Waals surface area contributed by atoms with Crippen LogP contribution in [0.2, 0.25) is 0 Å². The predicted octanol–water partition coefficient (Wildman–Crippen LogP) is 1.72. The first kappa shape index (κ1) is 7.17. The van der Waals surface area contributed by atoms with Gasteiger partial charge in [0, 0.05) is 18.9 Å². The molecule has 0 N–H and O–H groups in total. The normalized spacial score (nSPS) is 37.1. The minimum Gasteiger partial charge on any atom is -0.498 e. The van der Waals surface area contributed by atoms with Crippen LogP contribution < -0.4 is 0 Å². The maximum absolute atomic E-state index is 5.43. The first-order chi connectivity index (χ1) is 5.47. The first-order valence-corrected chi connectivity index (χ1v) is 4.35. The lowest BCUT2D eigenvalue weighted by atomic mass is 9.94. The topological polar surface area (TPSA) is 18.5 Å². The lowest BCUT2D eigenvalue weighted by Gasteiger charge is -2.26. The molecule has 2 nitrogen and oxygen atoms in total. The smallest absolute Gasteiger partial charge is 0.106 e. The molecule has 0 aromatic carbocycles. The molecule has 0 amide bonds. The molecule has 62 valence electrons. The van der Waals surface area contributed by atoms with Crippen molar-refractivity contribution in [3.8, 4) is 0 Å². The number of ether oxygens (including phenoxy) is 2. The molecule has 0 aliphatic carbocycles. The van der Waals surface area contributed by atoms with Gasteiger partial charge in [0.25, 0.3) is 0 Å². The van der Waals surface area contributed by atoms with Gasteiger partial charge in [0.2, 0.25) is 0 Å². The van der Waals surface area contributed by atoms with Gasteiger partial charge in [-0.15, -0.1) is 0 Å². The van der Waals surface area contributed by atoms with Gasteiger partial charge in [-0.3, -0.25) is 0 Å². The molecule has 2 aliphatic heterocycles. The van der Waals surface area contributed by atoms with Crippen molar-refractivity contribution in [1.29, 1.82) is 0 Å². The summed E-state index contributed by atoms with van der Waals surface area (Å²) in [7, 11) is 0. The van der Waals surface area contributed by atoms with Crippen molar-refractivity contribution in [2.45, 2.75) is 25.4 Å². The van der Waals surface area contributed by atoms with E-state index in [2.05, 4.69) is 6.08 Å². The molecule has 1 fully saturated rings. The fraction of sp³-hybridized carbons (Fsp3) is 0.778. The van der Waals surface area contributed by atoms with Gasteiger partial charge in [-0.25, -0.2) is 0 Å². The van der Waals surface area contributed by atoms with Crippen molar-refractivity contribution in [1.82, 2.24) is 0 Å². The Labute approximate surface area is 67.2 Å². The highest BCUT2D eigenvalue weighted by Gasteiger charge is 2.25. The molecule has 0 bridgehead atoms. The molecule has 1 saturated heterocycles. The Bertz CT molecular complexity index is 140. The van der Waals surface area contributed by atoms with Crippen LogP contribution in [0.25, 0.3) is 0 Å². The maximum atomic E-state index is 5.43. The SMILES string of the molecule is C1=COC(C2CCCOC2)C1. The van der Waals surface area contributed by atoms with E-state index >= 15 is 0 Å². The van der Waals surface area contributed by atoms with E-state index in [9.17, 15) is 0 Å². The Morgan fingerprint density at radius 3 is 3.00 bits per heavy atom. The maximum Gasteiger partial charge on any atom is 0.106 e. The standard InChI is InChI=1S/C9H14O2/c1-3-8(7-10-5-1)9-4-2-6-11-9/h2,6,8-9H,1,3-5,7H2. The molecule has 0 saturated carbocycles. The minimum absolute atomic E-state index is 0.412. The number of rotatable bonds is 1. The molecular formula is C9H14O2. The van der Waals surface area contributed by atoms with Crippen LogP contribution in [0.5, 0.6) is 0 Å². The summed E-state index contributed by atoms with van der Waals surface area (Å²) in [6.07, 6.45) is 7.87. The molecule has 2 unspecified atom stereocenters. The van der Waals surface area contributed by atoms with Crippen LogP contribution in [0.3, 0.4) is 0 Å². The van der Waals surface area contributed by atoms with Gasteiger partial charge < -0.3 is 9.47 Å². The van der Waals surface area contributed by atoms with E-state index in [0.29, 0.717) is 12.0 Å². The Balaban J connectivity index is 1.83. The van der Waals surface area contributed by atoms with Crippen molar-refractivity contribution in [3.05, 3.63) is 12.3 Å². The summed E-state index contributed by atoms with van der Waals surface area (Å²) in [4.78, 5) is 0. The molecule has 11 heavy (non-hydrogen) atoms. The predicted molar refractivity (Wildman–Crippen MR) is 42.2 cm³/mol. The van der Waals surface area contributed by atoms with Crippen LogP contribution in [-0.2, 0) is 9.47 Å². The molecule has 2 rings (SSSR count). The molecular weight excluding hydrogens is 140 g/mol. The van der Waals surface area contributed by atoms with Crippen LogP contribution in [0.1, 0.15) is 19.3 Å². The van der Waals surface area contributed by atoms with Gasteiger partial charge in [0.05, 0.1) is 12.9 Å². The molecule has 0 spiro atoms. The van der Waals surface area contributed by atoms with Gasteiger partial charge in [0.15, 0.2) is 0 Å². The van der Waals surface area contributed by atoms with Gasteiger partial charge >= 0.3 is 0 Å². The van der Waals surface area contributed by atoms with E-state index in [-0.39, 0.29) is 0 Å². The van der Waals surface area contributed by atoms with Crippen LogP contribution >= 0.6 is 0 Å². The number of hydrogen-bond acceptors (Lipinski definition) is 2. The summed E-state index contributed by atoms with van der Waals surface area (Å²) in [5.41, 5.74) is 0. The Morgan fingerprint density at radius 1 is 1.36 bits per heavy atom. The van der Waals surface area contributed by atoms with E-state index < -0.39 is 0 Å². The average Bonchev–Trinajstić information content (AvgIpc) is 2.58. The molecule has 0 aromatic heterocycles. The van der Waals surface area contributed by atoms with Crippen LogP contribution in [0, 0.1) is 5.92 Å². The Kier molecular flexibility index (Phi) is 2.13. The lowest BCUT2D eigenvalue weighted by molar-refractivity contribution is -0.00624. The van der Waals surface area contributed by atoms with Crippen molar-refractivity contribution >= 4 is 0 Å². The molecule has 2 aliphatic rings. The van der Waals surface area contributed by atoms with Gasteiger partial charge in [-0.1, -0.05) is 0 Å². The van der Waals surface area contributed by atoms with Crippen molar-refractivity contribution in [2.24, 2.45) is 5.92 Å². The fourth-order valence-electron chi connectivity index (χ4n) is 1.76. The summed E-state index contributed by atoms with van der Waals surface area (Å²) in [5, 5.41) is 0. The summed E-state index contributed by atoms with van der Waals surface area (Å²) in [6.45, 7) is 1.84. The Morgan fingerprint density at radius 2 is 2.36 bits per heavy atom. The van der Waals surface area contributed by atoms with Crippen LogP contribution in [0.4, 0.5) is 0 Å². The minimum atomic E-state index is 0.412.